The number of aromatic nitrogens is 2. The van der Waals surface area contributed by atoms with Gasteiger partial charge in [-0.1, -0.05) is 6.92 Å². The Labute approximate surface area is 104 Å². The summed E-state index contributed by atoms with van der Waals surface area (Å²) < 4.78 is 25.2. The van der Waals surface area contributed by atoms with E-state index in [1.54, 1.807) is 6.92 Å². The maximum atomic E-state index is 11.2. The first-order chi connectivity index (χ1) is 6.94. The second-order valence-corrected chi connectivity index (χ2v) is 6.95. The van der Waals surface area contributed by atoms with Gasteiger partial charge in [-0.25, -0.2) is 8.42 Å². The fourth-order valence-corrected chi connectivity index (χ4v) is 2.48. The van der Waals surface area contributed by atoms with Gasteiger partial charge < -0.3 is 0 Å². The summed E-state index contributed by atoms with van der Waals surface area (Å²) in [5.41, 5.74) is 1.13. The minimum atomic E-state index is -2.84. The highest BCUT2D eigenvalue weighted by molar-refractivity contribution is 14.1. The largest absolute Gasteiger partial charge is 0.271 e. The Morgan fingerprint density at radius 1 is 1.53 bits per heavy atom. The molecule has 0 aliphatic carbocycles. The summed E-state index contributed by atoms with van der Waals surface area (Å²) in [5.74, 6) is 0.474. The number of sulfone groups is 1. The van der Waals surface area contributed by atoms with Gasteiger partial charge in [0.25, 0.3) is 0 Å². The minimum Gasteiger partial charge on any atom is -0.271 e. The van der Waals surface area contributed by atoms with E-state index < -0.39 is 9.84 Å². The third-order valence-corrected chi connectivity index (χ3v) is 5.02. The quantitative estimate of drug-likeness (QED) is 0.764. The standard InChI is InChI=1S/C9H15IN2O2S/c1-3-15(13,14)6-4-5-12-7-8(2)9(10)11-12/h7H,3-6H2,1-2H3. The molecule has 0 saturated heterocycles. The van der Waals surface area contributed by atoms with Gasteiger partial charge in [0.05, 0.1) is 5.75 Å². The maximum Gasteiger partial charge on any atom is 0.150 e. The van der Waals surface area contributed by atoms with Crippen molar-refractivity contribution in [2.45, 2.75) is 26.8 Å². The van der Waals surface area contributed by atoms with E-state index in [4.69, 9.17) is 0 Å². The molecule has 0 spiro atoms. The smallest absolute Gasteiger partial charge is 0.150 e. The van der Waals surface area contributed by atoms with Crippen molar-refractivity contribution in [1.82, 2.24) is 9.78 Å². The Hall–Kier alpha value is -0.110. The van der Waals surface area contributed by atoms with E-state index in [2.05, 4.69) is 27.7 Å². The number of rotatable bonds is 5. The topological polar surface area (TPSA) is 52.0 Å². The van der Waals surface area contributed by atoms with Crippen LogP contribution >= 0.6 is 22.6 Å². The van der Waals surface area contributed by atoms with Crippen molar-refractivity contribution < 1.29 is 8.42 Å². The molecule has 0 saturated carbocycles. The van der Waals surface area contributed by atoms with Gasteiger partial charge >= 0.3 is 0 Å². The lowest BCUT2D eigenvalue weighted by Gasteiger charge is -2.01. The van der Waals surface area contributed by atoms with E-state index in [-0.39, 0.29) is 11.5 Å². The van der Waals surface area contributed by atoms with Gasteiger partial charge in [0.2, 0.25) is 0 Å². The van der Waals surface area contributed by atoms with Gasteiger partial charge in [0.15, 0.2) is 0 Å². The van der Waals surface area contributed by atoms with E-state index in [0.29, 0.717) is 13.0 Å². The number of nitrogens with zero attached hydrogens (tertiary/aromatic N) is 2. The third kappa shape index (κ3) is 4.10. The van der Waals surface area contributed by atoms with Crippen LogP contribution in [0, 0.1) is 10.6 Å². The molecular weight excluding hydrogens is 327 g/mol. The molecule has 0 aliphatic rings. The van der Waals surface area contributed by atoms with Crippen LogP contribution in [0.2, 0.25) is 0 Å². The first-order valence-corrected chi connectivity index (χ1v) is 7.74. The number of aryl methyl sites for hydroxylation is 2. The van der Waals surface area contributed by atoms with Gasteiger partial charge in [0, 0.05) is 24.1 Å². The molecule has 0 fully saturated rings. The fourth-order valence-electron chi connectivity index (χ4n) is 1.20. The summed E-state index contributed by atoms with van der Waals surface area (Å²) in [4.78, 5) is 0. The second kappa shape index (κ2) is 5.29. The average molecular weight is 342 g/mol. The Kier molecular flexibility index (Phi) is 4.57. The molecule has 0 aliphatic heterocycles. The van der Waals surface area contributed by atoms with E-state index in [0.717, 1.165) is 9.26 Å². The molecule has 0 bridgehead atoms. The first kappa shape index (κ1) is 13.0. The van der Waals surface area contributed by atoms with Crippen molar-refractivity contribution in [2.75, 3.05) is 11.5 Å². The number of halogens is 1. The lowest BCUT2D eigenvalue weighted by atomic mass is 10.4. The van der Waals surface area contributed by atoms with E-state index >= 15 is 0 Å². The van der Waals surface area contributed by atoms with Crippen molar-refractivity contribution in [1.29, 1.82) is 0 Å². The number of hydrogen-bond donors (Lipinski definition) is 0. The summed E-state index contributed by atoms with van der Waals surface area (Å²) in [6.45, 7) is 4.34. The fraction of sp³-hybridized carbons (Fsp3) is 0.667. The van der Waals surface area contributed by atoms with E-state index in [1.165, 1.54) is 0 Å². The summed E-state index contributed by atoms with van der Waals surface area (Å²) >= 11 is 2.17. The zero-order valence-corrected chi connectivity index (χ0v) is 11.9. The third-order valence-electron chi connectivity index (χ3n) is 2.17. The second-order valence-electron chi connectivity index (χ2n) is 3.46. The molecule has 4 nitrogen and oxygen atoms in total. The first-order valence-electron chi connectivity index (χ1n) is 4.84. The average Bonchev–Trinajstić information content (AvgIpc) is 2.46. The van der Waals surface area contributed by atoms with Crippen molar-refractivity contribution in [3.63, 3.8) is 0 Å². The zero-order chi connectivity index (χ0) is 11.5. The van der Waals surface area contributed by atoms with Crippen LogP contribution < -0.4 is 0 Å². The van der Waals surface area contributed by atoms with E-state index in [1.807, 2.05) is 17.8 Å². The molecule has 86 valence electrons. The van der Waals surface area contributed by atoms with Crippen molar-refractivity contribution >= 4 is 32.4 Å². The molecule has 0 N–H and O–H groups in total. The molecule has 0 amide bonds. The Balaban J connectivity index is 2.45. The molecular formula is C9H15IN2O2S. The molecule has 6 heteroatoms. The van der Waals surface area contributed by atoms with Crippen LogP contribution in [0.3, 0.4) is 0 Å². The van der Waals surface area contributed by atoms with Crippen LogP contribution in [0.25, 0.3) is 0 Å². The molecule has 15 heavy (non-hydrogen) atoms. The van der Waals surface area contributed by atoms with Gasteiger partial charge in [-0.15, -0.1) is 0 Å². The van der Waals surface area contributed by atoms with Crippen LogP contribution in [0.5, 0.6) is 0 Å². The SMILES string of the molecule is CCS(=O)(=O)CCCn1cc(C)c(I)n1. The zero-order valence-electron chi connectivity index (χ0n) is 8.90. The molecule has 1 aromatic heterocycles. The van der Waals surface area contributed by atoms with Crippen molar-refractivity contribution in [3.05, 3.63) is 15.5 Å². The van der Waals surface area contributed by atoms with Crippen LogP contribution in [0.1, 0.15) is 18.9 Å². The highest BCUT2D eigenvalue weighted by Crippen LogP contribution is 2.08. The molecule has 0 radical (unpaired) electrons. The minimum absolute atomic E-state index is 0.225. The van der Waals surface area contributed by atoms with Crippen molar-refractivity contribution in [3.8, 4) is 0 Å². The summed E-state index contributed by atoms with van der Waals surface area (Å²) in [6.07, 6.45) is 2.58. The molecule has 1 rings (SSSR count). The molecule has 1 heterocycles. The van der Waals surface area contributed by atoms with Crippen LogP contribution in [0.4, 0.5) is 0 Å². The molecule has 1 aromatic rings. The monoisotopic (exact) mass is 342 g/mol. The van der Waals surface area contributed by atoms with Gasteiger partial charge in [0.1, 0.15) is 13.5 Å². The highest BCUT2D eigenvalue weighted by atomic mass is 127. The molecule has 0 atom stereocenters. The summed E-state index contributed by atoms with van der Waals surface area (Å²) in [5, 5.41) is 4.26. The Morgan fingerprint density at radius 2 is 2.20 bits per heavy atom. The lowest BCUT2D eigenvalue weighted by molar-refractivity contribution is 0.572. The van der Waals surface area contributed by atoms with E-state index in [9.17, 15) is 8.42 Å². The van der Waals surface area contributed by atoms with Gasteiger partial charge in [-0.05, 0) is 35.9 Å². The predicted octanol–water partition coefficient (Wildman–Crippen LogP) is 1.62. The van der Waals surface area contributed by atoms with Crippen LogP contribution in [-0.2, 0) is 16.4 Å². The summed E-state index contributed by atoms with van der Waals surface area (Å²) in [7, 11) is -2.84. The maximum absolute atomic E-state index is 11.2. The summed E-state index contributed by atoms with van der Waals surface area (Å²) in [6, 6.07) is 0. The highest BCUT2D eigenvalue weighted by Gasteiger charge is 2.07. The van der Waals surface area contributed by atoms with Crippen LogP contribution in [0.15, 0.2) is 6.20 Å². The number of hydrogen-bond acceptors (Lipinski definition) is 3. The van der Waals surface area contributed by atoms with Gasteiger partial charge in [-0.3, -0.25) is 4.68 Å². The molecule has 0 unspecified atom stereocenters. The Bertz CT molecular complexity index is 406. The van der Waals surface area contributed by atoms with Crippen molar-refractivity contribution in [2.24, 2.45) is 0 Å². The molecule has 0 aromatic carbocycles. The Morgan fingerprint density at radius 3 is 2.67 bits per heavy atom. The predicted molar refractivity (Wildman–Crippen MR) is 68.6 cm³/mol. The normalized spacial score (nSPS) is 11.9. The van der Waals surface area contributed by atoms with Crippen LogP contribution in [-0.4, -0.2) is 29.7 Å². The van der Waals surface area contributed by atoms with Gasteiger partial charge in [-0.2, -0.15) is 5.10 Å². The lowest BCUT2D eigenvalue weighted by Crippen LogP contribution is -2.11.